The van der Waals surface area contributed by atoms with E-state index >= 15 is 0 Å². The van der Waals surface area contributed by atoms with E-state index in [4.69, 9.17) is 0 Å². The molecular formula is C27H23N3O3. The van der Waals surface area contributed by atoms with Crippen LogP contribution >= 0.6 is 0 Å². The first kappa shape index (κ1) is 21.8. The molecule has 0 aliphatic rings. The molecule has 1 unspecified atom stereocenters. The van der Waals surface area contributed by atoms with E-state index in [-0.39, 0.29) is 12.3 Å². The molecule has 164 valence electrons. The molecule has 3 amide bonds. The van der Waals surface area contributed by atoms with Crippen LogP contribution in [0.3, 0.4) is 0 Å². The van der Waals surface area contributed by atoms with Crippen molar-refractivity contribution in [2.24, 2.45) is 0 Å². The maximum absolute atomic E-state index is 13.0. The van der Waals surface area contributed by atoms with Crippen LogP contribution in [-0.4, -0.2) is 23.8 Å². The fourth-order valence-corrected chi connectivity index (χ4v) is 3.50. The van der Waals surface area contributed by atoms with Crippen LogP contribution in [0.25, 0.3) is 10.8 Å². The van der Waals surface area contributed by atoms with Gasteiger partial charge in [0, 0.05) is 17.5 Å². The van der Waals surface area contributed by atoms with Crippen molar-refractivity contribution < 1.29 is 14.4 Å². The van der Waals surface area contributed by atoms with Crippen LogP contribution in [0.2, 0.25) is 0 Å². The van der Waals surface area contributed by atoms with Crippen LogP contribution in [0.1, 0.15) is 26.3 Å². The first-order valence-electron chi connectivity index (χ1n) is 10.6. The van der Waals surface area contributed by atoms with E-state index in [1.807, 2.05) is 60.7 Å². The summed E-state index contributed by atoms with van der Waals surface area (Å²) in [6, 6.07) is 30.2. The molecule has 0 fully saturated rings. The zero-order valence-electron chi connectivity index (χ0n) is 17.8. The van der Waals surface area contributed by atoms with Gasteiger partial charge in [-0.15, -0.1) is 0 Å². The Hall–Kier alpha value is -4.45. The lowest BCUT2D eigenvalue weighted by Crippen LogP contribution is -2.53. The Balaban J connectivity index is 1.49. The molecule has 0 saturated carbocycles. The molecule has 0 radical (unpaired) electrons. The summed E-state index contributed by atoms with van der Waals surface area (Å²) < 4.78 is 0. The van der Waals surface area contributed by atoms with Crippen LogP contribution in [0.5, 0.6) is 0 Å². The van der Waals surface area contributed by atoms with Crippen molar-refractivity contribution in [3.05, 3.63) is 120 Å². The summed E-state index contributed by atoms with van der Waals surface area (Å²) in [5.41, 5.74) is 6.59. The van der Waals surface area contributed by atoms with E-state index in [1.165, 1.54) is 0 Å². The number of benzene rings is 4. The highest BCUT2D eigenvalue weighted by atomic mass is 16.2. The second-order valence-corrected chi connectivity index (χ2v) is 7.59. The fourth-order valence-electron chi connectivity index (χ4n) is 3.50. The van der Waals surface area contributed by atoms with Gasteiger partial charge in [0.05, 0.1) is 0 Å². The lowest BCUT2D eigenvalue weighted by molar-refractivity contribution is -0.123. The Morgan fingerprint density at radius 2 is 1.24 bits per heavy atom. The highest BCUT2D eigenvalue weighted by Gasteiger charge is 2.23. The molecular weight excluding hydrogens is 414 g/mol. The Morgan fingerprint density at radius 3 is 1.97 bits per heavy atom. The Morgan fingerprint density at radius 1 is 0.606 bits per heavy atom. The summed E-state index contributed by atoms with van der Waals surface area (Å²) in [5.74, 6) is -1.33. The van der Waals surface area contributed by atoms with Gasteiger partial charge in [-0.1, -0.05) is 78.9 Å². The smallest absolute Gasteiger partial charge is 0.269 e. The average Bonchev–Trinajstić information content (AvgIpc) is 2.87. The summed E-state index contributed by atoms with van der Waals surface area (Å²) in [5, 5.41) is 4.77. The molecule has 0 heterocycles. The molecule has 0 bridgehead atoms. The quantitative estimate of drug-likeness (QED) is 0.403. The summed E-state index contributed by atoms with van der Waals surface area (Å²) in [6.45, 7) is 0. The Labute approximate surface area is 191 Å². The lowest BCUT2D eigenvalue weighted by Gasteiger charge is -2.19. The molecule has 0 spiro atoms. The van der Waals surface area contributed by atoms with E-state index in [9.17, 15) is 14.4 Å². The zero-order chi connectivity index (χ0) is 23.0. The molecule has 0 aliphatic carbocycles. The molecule has 0 aromatic heterocycles. The number of amides is 3. The summed E-state index contributed by atoms with van der Waals surface area (Å²) >= 11 is 0. The van der Waals surface area contributed by atoms with Gasteiger partial charge in [-0.2, -0.15) is 0 Å². The maximum atomic E-state index is 13.0. The Bertz CT molecular complexity index is 1270. The van der Waals surface area contributed by atoms with Crippen molar-refractivity contribution in [2.45, 2.75) is 12.5 Å². The highest BCUT2D eigenvalue weighted by Crippen LogP contribution is 2.16. The fraction of sp³-hybridized carbons (Fsp3) is 0.0741. The predicted molar refractivity (Wildman–Crippen MR) is 127 cm³/mol. The number of rotatable bonds is 6. The normalized spacial score (nSPS) is 11.4. The van der Waals surface area contributed by atoms with Crippen LogP contribution in [0, 0.1) is 0 Å². The first-order chi connectivity index (χ1) is 16.1. The number of nitrogens with one attached hydrogen (secondary N) is 3. The molecule has 6 heteroatoms. The number of hydrazine groups is 1. The van der Waals surface area contributed by atoms with Crippen molar-refractivity contribution in [3.63, 3.8) is 0 Å². The van der Waals surface area contributed by atoms with Gasteiger partial charge in [-0.25, -0.2) is 0 Å². The van der Waals surface area contributed by atoms with Gasteiger partial charge in [0.25, 0.3) is 17.7 Å². The van der Waals surface area contributed by atoms with Crippen LogP contribution in [0.4, 0.5) is 0 Å². The molecule has 0 saturated heterocycles. The molecule has 3 N–H and O–H groups in total. The molecule has 33 heavy (non-hydrogen) atoms. The predicted octanol–water partition coefficient (Wildman–Crippen LogP) is 3.64. The first-order valence-corrected chi connectivity index (χ1v) is 10.6. The molecule has 4 aromatic carbocycles. The van der Waals surface area contributed by atoms with E-state index in [1.54, 1.807) is 42.5 Å². The minimum absolute atomic E-state index is 0.271. The minimum Gasteiger partial charge on any atom is -0.340 e. The second kappa shape index (κ2) is 10.2. The monoisotopic (exact) mass is 437 g/mol. The number of hydrogen-bond acceptors (Lipinski definition) is 3. The Kier molecular flexibility index (Phi) is 6.75. The maximum Gasteiger partial charge on any atom is 0.269 e. The van der Waals surface area contributed by atoms with Gasteiger partial charge in [0.2, 0.25) is 0 Å². The molecule has 6 nitrogen and oxygen atoms in total. The molecule has 0 aliphatic heterocycles. The largest absolute Gasteiger partial charge is 0.340 e. The number of carbonyl (C=O) groups is 3. The van der Waals surface area contributed by atoms with Gasteiger partial charge in [-0.3, -0.25) is 25.2 Å². The second-order valence-electron chi connectivity index (χ2n) is 7.59. The van der Waals surface area contributed by atoms with Crippen molar-refractivity contribution in [2.75, 3.05) is 0 Å². The van der Waals surface area contributed by atoms with Gasteiger partial charge >= 0.3 is 0 Å². The third-order valence-corrected chi connectivity index (χ3v) is 5.25. The molecule has 1 atom stereocenters. The van der Waals surface area contributed by atoms with E-state index in [0.29, 0.717) is 11.1 Å². The van der Waals surface area contributed by atoms with Gasteiger partial charge in [-0.05, 0) is 40.6 Å². The third kappa shape index (κ3) is 5.62. The third-order valence-electron chi connectivity index (χ3n) is 5.25. The summed E-state index contributed by atoms with van der Waals surface area (Å²) in [7, 11) is 0. The van der Waals surface area contributed by atoms with Gasteiger partial charge in [0.1, 0.15) is 6.04 Å². The van der Waals surface area contributed by atoms with E-state index in [0.717, 1.165) is 16.3 Å². The van der Waals surface area contributed by atoms with Gasteiger partial charge in [0.15, 0.2) is 0 Å². The minimum atomic E-state index is -0.887. The van der Waals surface area contributed by atoms with Crippen LogP contribution in [0.15, 0.2) is 103 Å². The average molecular weight is 437 g/mol. The van der Waals surface area contributed by atoms with Crippen molar-refractivity contribution >= 4 is 28.5 Å². The number of fused-ring (bicyclic) bond motifs is 1. The topological polar surface area (TPSA) is 87.3 Å². The zero-order valence-corrected chi connectivity index (χ0v) is 17.8. The van der Waals surface area contributed by atoms with Crippen molar-refractivity contribution in [1.29, 1.82) is 0 Å². The molecule has 4 aromatic rings. The summed E-state index contributed by atoms with van der Waals surface area (Å²) in [4.78, 5) is 38.2. The summed E-state index contributed by atoms with van der Waals surface area (Å²) in [6.07, 6.45) is 0.271. The highest BCUT2D eigenvalue weighted by molar-refractivity contribution is 6.01. The van der Waals surface area contributed by atoms with E-state index < -0.39 is 17.9 Å². The lowest BCUT2D eigenvalue weighted by atomic mass is 10.0. The number of carbonyl (C=O) groups excluding carboxylic acids is 3. The van der Waals surface area contributed by atoms with E-state index in [2.05, 4.69) is 16.2 Å². The SMILES string of the molecule is O=C(NNC(=O)C(Cc1ccccc1)NC(=O)c1ccc2ccccc2c1)c1ccccc1. The van der Waals surface area contributed by atoms with Crippen LogP contribution in [-0.2, 0) is 11.2 Å². The number of hydrogen-bond donors (Lipinski definition) is 3. The van der Waals surface area contributed by atoms with Crippen molar-refractivity contribution in [1.82, 2.24) is 16.2 Å². The molecule has 4 rings (SSSR count). The van der Waals surface area contributed by atoms with Crippen LogP contribution < -0.4 is 16.2 Å². The standard InChI is InChI=1S/C27H23N3O3/c31-25(23-16-15-20-11-7-8-14-22(20)18-23)28-24(17-19-9-3-1-4-10-19)27(33)30-29-26(32)21-12-5-2-6-13-21/h1-16,18,24H,17H2,(H,28,31)(H,29,32)(H,30,33). The van der Waals surface area contributed by atoms with Gasteiger partial charge < -0.3 is 5.32 Å². The van der Waals surface area contributed by atoms with Crippen molar-refractivity contribution in [3.8, 4) is 0 Å².